The van der Waals surface area contributed by atoms with Crippen LogP contribution in [0.3, 0.4) is 0 Å². The van der Waals surface area contributed by atoms with Gasteiger partial charge in [-0.2, -0.15) is 0 Å². The average Bonchev–Trinajstić information content (AvgIpc) is 2.66. The molecule has 136 valence electrons. The molecule has 0 saturated carbocycles. The van der Waals surface area contributed by atoms with Gasteiger partial charge in [0.15, 0.2) is 5.75 Å². The third-order valence-corrected chi connectivity index (χ3v) is 6.24. The predicted molar refractivity (Wildman–Crippen MR) is 110 cm³/mol. The summed E-state index contributed by atoms with van der Waals surface area (Å²) in [5.74, 6) is 1.94. The maximum atomic E-state index is 6.16. The van der Waals surface area contributed by atoms with E-state index in [0.29, 0.717) is 6.73 Å². The van der Waals surface area contributed by atoms with E-state index in [0.717, 1.165) is 36.4 Å². The Kier molecular flexibility index (Phi) is 4.80. The number of hydrogen-bond donors (Lipinski definition) is 0. The van der Waals surface area contributed by atoms with Crippen LogP contribution in [0.15, 0.2) is 47.5 Å². The van der Waals surface area contributed by atoms with E-state index in [2.05, 4.69) is 61.0 Å². The summed E-state index contributed by atoms with van der Waals surface area (Å²) in [6, 6.07) is 6.53. The molecule has 26 heavy (non-hydrogen) atoms. The van der Waals surface area contributed by atoms with Crippen molar-refractivity contribution in [2.24, 2.45) is 0 Å². The third kappa shape index (κ3) is 3.53. The Balaban J connectivity index is 1.69. The van der Waals surface area contributed by atoms with Gasteiger partial charge in [0.25, 0.3) is 0 Å². The lowest BCUT2D eigenvalue weighted by molar-refractivity contribution is 0.0227. The summed E-state index contributed by atoms with van der Waals surface area (Å²) in [6.45, 7) is 8.24. The molecule has 1 aliphatic carbocycles. The minimum Gasteiger partial charge on any atom is -0.475 e. The van der Waals surface area contributed by atoms with Crippen molar-refractivity contribution in [1.82, 2.24) is 9.88 Å². The summed E-state index contributed by atoms with van der Waals surface area (Å²) in [5.41, 5.74) is 3.70. The first-order valence-electron chi connectivity index (χ1n) is 9.28. The summed E-state index contributed by atoms with van der Waals surface area (Å²) < 4.78 is 6.16. The van der Waals surface area contributed by atoms with Crippen LogP contribution in [0.25, 0.3) is 10.9 Å². The molecule has 1 aromatic carbocycles. The number of ether oxygens (including phenoxy) is 1. The van der Waals surface area contributed by atoms with E-state index in [4.69, 9.17) is 4.74 Å². The SMILES string of the molecule is CC(C)(C)N1COc2c(cc(CSC3=CC=CCC3)c3cccnc23)C1. The molecule has 1 aromatic heterocycles. The normalized spacial score (nSPS) is 17.7. The average molecular weight is 367 g/mol. The van der Waals surface area contributed by atoms with E-state index < -0.39 is 0 Å². The van der Waals surface area contributed by atoms with Gasteiger partial charge in [-0.05, 0) is 56.2 Å². The van der Waals surface area contributed by atoms with E-state index >= 15 is 0 Å². The van der Waals surface area contributed by atoms with Gasteiger partial charge in [-0.3, -0.25) is 9.88 Å². The molecule has 2 aliphatic rings. The summed E-state index contributed by atoms with van der Waals surface area (Å²) in [5, 5.41) is 1.22. The maximum absolute atomic E-state index is 6.16. The van der Waals surface area contributed by atoms with Crippen LogP contribution in [-0.2, 0) is 12.3 Å². The Morgan fingerprint density at radius 3 is 2.96 bits per heavy atom. The van der Waals surface area contributed by atoms with Crippen LogP contribution >= 0.6 is 11.8 Å². The number of allylic oxidation sites excluding steroid dienone is 4. The molecule has 0 bridgehead atoms. The molecule has 0 fully saturated rings. The summed E-state index contributed by atoms with van der Waals surface area (Å²) in [6.07, 6.45) is 10.8. The lowest BCUT2D eigenvalue weighted by Gasteiger charge is -2.39. The fourth-order valence-corrected chi connectivity index (χ4v) is 4.46. The lowest BCUT2D eigenvalue weighted by atomic mass is 10.00. The first-order chi connectivity index (χ1) is 12.5. The largest absolute Gasteiger partial charge is 0.475 e. The molecule has 4 rings (SSSR count). The molecule has 1 aliphatic heterocycles. The van der Waals surface area contributed by atoms with Crippen LogP contribution < -0.4 is 4.74 Å². The Hall–Kier alpha value is -1.78. The summed E-state index contributed by atoms with van der Waals surface area (Å²) in [4.78, 5) is 8.50. The van der Waals surface area contributed by atoms with Crippen molar-refractivity contribution in [2.45, 2.75) is 51.4 Å². The zero-order valence-corrected chi connectivity index (χ0v) is 16.6. The number of nitrogens with zero attached hydrogens (tertiary/aromatic N) is 2. The third-order valence-electron chi connectivity index (χ3n) is 5.07. The zero-order valence-electron chi connectivity index (χ0n) is 15.8. The van der Waals surface area contributed by atoms with Crippen molar-refractivity contribution in [3.8, 4) is 5.75 Å². The van der Waals surface area contributed by atoms with Gasteiger partial charge in [0.2, 0.25) is 0 Å². The number of thioether (sulfide) groups is 1. The highest BCUT2D eigenvalue weighted by molar-refractivity contribution is 8.02. The topological polar surface area (TPSA) is 25.4 Å². The van der Waals surface area contributed by atoms with Crippen LogP contribution in [0.4, 0.5) is 0 Å². The fraction of sp³-hybridized carbons (Fsp3) is 0.409. The minimum absolute atomic E-state index is 0.0882. The Labute approximate surface area is 160 Å². The van der Waals surface area contributed by atoms with Gasteiger partial charge in [-0.1, -0.05) is 24.3 Å². The molecular formula is C22H26N2OS. The highest BCUT2D eigenvalue weighted by Gasteiger charge is 2.28. The van der Waals surface area contributed by atoms with Crippen molar-refractivity contribution in [3.63, 3.8) is 0 Å². The molecule has 0 saturated heterocycles. The molecular weight excluding hydrogens is 340 g/mol. The number of benzene rings is 1. The number of hydrogen-bond acceptors (Lipinski definition) is 4. The van der Waals surface area contributed by atoms with Crippen molar-refractivity contribution < 1.29 is 4.74 Å². The van der Waals surface area contributed by atoms with E-state index in [9.17, 15) is 0 Å². The van der Waals surface area contributed by atoms with Crippen LogP contribution in [0.5, 0.6) is 5.75 Å². The van der Waals surface area contributed by atoms with Gasteiger partial charge < -0.3 is 4.74 Å². The molecule has 0 atom stereocenters. The molecule has 0 radical (unpaired) electrons. The molecule has 0 spiro atoms. The van der Waals surface area contributed by atoms with Crippen LogP contribution in [0, 0.1) is 0 Å². The monoisotopic (exact) mass is 366 g/mol. The number of pyridine rings is 1. The van der Waals surface area contributed by atoms with Gasteiger partial charge in [0.05, 0.1) is 0 Å². The second-order valence-electron chi connectivity index (χ2n) is 7.95. The molecule has 4 heteroatoms. The van der Waals surface area contributed by atoms with Crippen LogP contribution in [-0.4, -0.2) is 22.2 Å². The van der Waals surface area contributed by atoms with Gasteiger partial charge in [-0.15, -0.1) is 11.8 Å². The molecule has 0 unspecified atom stereocenters. The number of aromatic nitrogens is 1. The smallest absolute Gasteiger partial charge is 0.152 e. The van der Waals surface area contributed by atoms with Crippen molar-refractivity contribution >= 4 is 22.7 Å². The standard InChI is InChI=1S/C22H26N2OS/c1-22(2,3)24-13-16-12-17(14-26-18-8-5-4-6-9-18)19-10-7-11-23-20(19)21(16)25-15-24/h4-5,7-8,10-12H,6,9,13-15H2,1-3H3. The molecule has 0 amide bonds. The molecule has 2 heterocycles. The van der Waals surface area contributed by atoms with Crippen LogP contribution in [0.1, 0.15) is 44.7 Å². The van der Waals surface area contributed by atoms with Crippen molar-refractivity contribution in [2.75, 3.05) is 6.73 Å². The quantitative estimate of drug-likeness (QED) is 0.701. The first-order valence-corrected chi connectivity index (χ1v) is 10.3. The van der Waals surface area contributed by atoms with E-state index in [1.807, 2.05) is 24.0 Å². The van der Waals surface area contributed by atoms with E-state index in [1.165, 1.54) is 21.4 Å². The number of fused-ring (bicyclic) bond motifs is 3. The molecule has 2 aromatic rings. The first kappa shape index (κ1) is 17.6. The molecule has 3 nitrogen and oxygen atoms in total. The second kappa shape index (κ2) is 7.09. The maximum Gasteiger partial charge on any atom is 0.152 e. The zero-order chi connectivity index (χ0) is 18.1. The Morgan fingerprint density at radius 1 is 1.31 bits per heavy atom. The minimum atomic E-state index is 0.0882. The van der Waals surface area contributed by atoms with Gasteiger partial charge >= 0.3 is 0 Å². The molecule has 0 N–H and O–H groups in total. The van der Waals surface area contributed by atoms with Gasteiger partial charge in [0.1, 0.15) is 12.2 Å². The summed E-state index contributed by atoms with van der Waals surface area (Å²) in [7, 11) is 0. The fourth-order valence-electron chi connectivity index (χ4n) is 3.44. The van der Waals surface area contributed by atoms with Crippen molar-refractivity contribution in [1.29, 1.82) is 0 Å². The van der Waals surface area contributed by atoms with E-state index in [-0.39, 0.29) is 5.54 Å². The summed E-state index contributed by atoms with van der Waals surface area (Å²) >= 11 is 1.95. The Bertz CT molecular complexity index is 880. The second-order valence-corrected chi connectivity index (χ2v) is 9.06. The van der Waals surface area contributed by atoms with Gasteiger partial charge in [0, 0.05) is 35.0 Å². The predicted octanol–water partition coefficient (Wildman–Crippen LogP) is 5.65. The van der Waals surface area contributed by atoms with E-state index in [1.54, 1.807) is 0 Å². The van der Waals surface area contributed by atoms with Gasteiger partial charge in [-0.25, -0.2) is 0 Å². The van der Waals surface area contributed by atoms with Crippen LogP contribution in [0.2, 0.25) is 0 Å². The lowest BCUT2D eigenvalue weighted by Crippen LogP contribution is -2.45. The highest BCUT2D eigenvalue weighted by Crippen LogP contribution is 2.38. The Morgan fingerprint density at radius 2 is 2.19 bits per heavy atom. The van der Waals surface area contributed by atoms with Crippen molar-refractivity contribution in [3.05, 3.63) is 58.7 Å². The highest BCUT2D eigenvalue weighted by atomic mass is 32.2. The number of rotatable bonds is 3.